The van der Waals surface area contributed by atoms with E-state index >= 15 is 0 Å². The van der Waals surface area contributed by atoms with Gasteiger partial charge in [0.2, 0.25) is 0 Å². The van der Waals surface area contributed by atoms with Crippen molar-refractivity contribution in [2.24, 2.45) is 0 Å². The molecule has 13 heavy (non-hydrogen) atoms. The van der Waals surface area contributed by atoms with Crippen molar-refractivity contribution in [2.75, 3.05) is 0 Å². The molecule has 0 aromatic carbocycles. The van der Waals surface area contributed by atoms with E-state index in [0.717, 1.165) is 6.20 Å². The fraction of sp³-hybridized carbons (Fsp3) is 0.286. The molecular formula is C7H4F4IN. The predicted molar refractivity (Wildman–Crippen MR) is 46.8 cm³/mol. The first kappa shape index (κ1) is 10.7. The molecule has 0 bridgehead atoms. The van der Waals surface area contributed by atoms with Crippen molar-refractivity contribution in [3.63, 3.8) is 0 Å². The zero-order valence-corrected chi connectivity index (χ0v) is 8.36. The third-order valence-corrected chi connectivity index (χ3v) is 2.29. The summed E-state index contributed by atoms with van der Waals surface area (Å²) in [7, 11) is 0. The summed E-state index contributed by atoms with van der Waals surface area (Å²) in [5.74, 6) is 0. The van der Waals surface area contributed by atoms with Crippen molar-refractivity contribution < 1.29 is 17.6 Å². The number of aromatic nitrogens is 1. The Balaban J connectivity index is 3.32. The smallest absolute Gasteiger partial charge is 0.258 e. The average Bonchev–Trinajstić information content (AvgIpc) is 2.01. The van der Waals surface area contributed by atoms with Crippen LogP contribution in [0.15, 0.2) is 12.3 Å². The Morgan fingerprint density at radius 3 is 2.38 bits per heavy atom. The summed E-state index contributed by atoms with van der Waals surface area (Å²) in [4.78, 5) is 3.32. The Morgan fingerprint density at radius 1 is 1.38 bits per heavy atom. The molecule has 0 aliphatic carbocycles. The van der Waals surface area contributed by atoms with Gasteiger partial charge in [0.1, 0.15) is 6.67 Å². The van der Waals surface area contributed by atoms with Gasteiger partial charge in [-0.25, -0.2) is 4.39 Å². The van der Waals surface area contributed by atoms with E-state index in [0.29, 0.717) is 0 Å². The van der Waals surface area contributed by atoms with Gasteiger partial charge in [0.15, 0.2) is 0 Å². The molecule has 1 aromatic heterocycles. The van der Waals surface area contributed by atoms with Crippen LogP contribution >= 0.6 is 22.6 Å². The van der Waals surface area contributed by atoms with Gasteiger partial charge >= 0.3 is 6.18 Å². The van der Waals surface area contributed by atoms with Gasteiger partial charge in [0.25, 0.3) is 0 Å². The zero-order chi connectivity index (χ0) is 10.1. The Kier molecular flexibility index (Phi) is 3.09. The van der Waals surface area contributed by atoms with Crippen molar-refractivity contribution in [3.05, 3.63) is 27.1 Å². The second-order valence-corrected chi connectivity index (χ2v) is 3.41. The van der Waals surface area contributed by atoms with Crippen molar-refractivity contribution in [1.29, 1.82) is 0 Å². The lowest BCUT2D eigenvalue weighted by Gasteiger charge is -2.11. The molecule has 1 heterocycles. The second-order valence-electron chi connectivity index (χ2n) is 2.25. The van der Waals surface area contributed by atoms with Crippen molar-refractivity contribution in [1.82, 2.24) is 4.98 Å². The predicted octanol–water partition coefficient (Wildman–Crippen LogP) is 3.17. The number of nitrogens with zero attached hydrogens (tertiary/aromatic N) is 1. The van der Waals surface area contributed by atoms with Gasteiger partial charge in [-0.3, -0.25) is 4.98 Å². The lowest BCUT2D eigenvalue weighted by Crippen LogP contribution is -2.12. The quantitative estimate of drug-likeness (QED) is 0.574. The normalized spacial score (nSPS) is 11.8. The molecule has 0 aliphatic heterocycles. The van der Waals surface area contributed by atoms with Gasteiger partial charge < -0.3 is 0 Å². The van der Waals surface area contributed by atoms with Gasteiger partial charge in [-0.05, 0) is 28.7 Å². The van der Waals surface area contributed by atoms with Crippen molar-refractivity contribution in [2.45, 2.75) is 12.9 Å². The molecule has 0 saturated heterocycles. The SMILES string of the molecule is FCc1nccc(I)c1C(F)(F)F. The van der Waals surface area contributed by atoms with Crippen LogP contribution in [0.5, 0.6) is 0 Å². The summed E-state index contributed by atoms with van der Waals surface area (Å²) in [5, 5.41) is 0. The number of hydrogen-bond donors (Lipinski definition) is 0. The Bertz CT molecular complexity index is 310. The Morgan fingerprint density at radius 2 is 2.00 bits per heavy atom. The molecule has 0 amide bonds. The molecule has 1 nitrogen and oxygen atoms in total. The summed E-state index contributed by atoms with van der Waals surface area (Å²) in [5.41, 5.74) is -1.53. The molecule has 0 N–H and O–H groups in total. The van der Waals surface area contributed by atoms with Gasteiger partial charge in [-0.15, -0.1) is 0 Å². The molecule has 0 saturated carbocycles. The summed E-state index contributed by atoms with van der Waals surface area (Å²) >= 11 is 1.51. The third-order valence-electron chi connectivity index (χ3n) is 1.39. The number of alkyl halides is 4. The minimum Gasteiger partial charge on any atom is -0.258 e. The van der Waals surface area contributed by atoms with Crippen molar-refractivity contribution in [3.8, 4) is 0 Å². The number of rotatable bonds is 1. The molecule has 0 fully saturated rings. The molecular weight excluding hydrogens is 301 g/mol. The molecule has 72 valence electrons. The highest BCUT2D eigenvalue weighted by Gasteiger charge is 2.36. The van der Waals surface area contributed by atoms with Crippen LogP contribution in [-0.4, -0.2) is 4.98 Å². The minimum atomic E-state index is -4.54. The lowest BCUT2D eigenvalue weighted by atomic mass is 10.2. The average molecular weight is 305 g/mol. The maximum Gasteiger partial charge on any atom is 0.419 e. The Labute approximate surface area is 85.3 Å². The van der Waals surface area contributed by atoms with Crippen LogP contribution in [0.1, 0.15) is 11.3 Å². The minimum absolute atomic E-state index is 0.0345. The van der Waals surface area contributed by atoms with E-state index in [9.17, 15) is 17.6 Å². The first-order valence-corrected chi connectivity index (χ1v) is 4.31. The first-order valence-electron chi connectivity index (χ1n) is 3.23. The highest BCUT2D eigenvalue weighted by molar-refractivity contribution is 14.1. The second kappa shape index (κ2) is 3.77. The molecule has 0 aliphatic rings. The highest BCUT2D eigenvalue weighted by Crippen LogP contribution is 2.34. The van der Waals surface area contributed by atoms with E-state index in [1.165, 1.54) is 28.7 Å². The monoisotopic (exact) mass is 305 g/mol. The van der Waals surface area contributed by atoms with Crippen LogP contribution in [0.2, 0.25) is 0 Å². The largest absolute Gasteiger partial charge is 0.419 e. The molecule has 6 heteroatoms. The van der Waals surface area contributed by atoms with E-state index in [2.05, 4.69) is 4.98 Å². The molecule has 0 unspecified atom stereocenters. The van der Waals surface area contributed by atoms with Crippen LogP contribution in [0.4, 0.5) is 17.6 Å². The number of pyridine rings is 1. The number of hydrogen-bond acceptors (Lipinski definition) is 1. The van der Waals surface area contributed by atoms with Crippen LogP contribution in [-0.2, 0) is 12.9 Å². The van der Waals surface area contributed by atoms with E-state index in [1.54, 1.807) is 0 Å². The van der Waals surface area contributed by atoms with Crippen molar-refractivity contribution >= 4 is 22.6 Å². The topological polar surface area (TPSA) is 12.9 Å². The fourth-order valence-corrected chi connectivity index (χ4v) is 1.66. The maximum absolute atomic E-state index is 12.3. The van der Waals surface area contributed by atoms with E-state index in [-0.39, 0.29) is 3.57 Å². The van der Waals surface area contributed by atoms with Crippen LogP contribution in [0, 0.1) is 3.57 Å². The van der Waals surface area contributed by atoms with E-state index in [4.69, 9.17) is 0 Å². The van der Waals surface area contributed by atoms with Crippen LogP contribution in [0.3, 0.4) is 0 Å². The first-order chi connectivity index (χ1) is 5.96. The summed E-state index contributed by atoms with van der Waals surface area (Å²) < 4.78 is 49.0. The molecule has 0 spiro atoms. The van der Waals surface area contributed by atoms with Gasteiger partial charge in [-0.1, -0.05) is 0 Å². The summed E-state index contributed by atoms with van der Waals surface area (Å²) in [6, 6.07) is 1.20. The molecule has 1 rings (SSSR count). The molecule has 0 radical (unpaired) electrons. The Hall–Kier alpha value is -0.400. The summed E-state index contributed by atoms with van der Waals surface area (Å²) in [6.07, 6.45) is -3.38. The number of halogens is 5. The van der Waals surface area contributed by atoms with Gasteiger partial charge in [0, 0.05) is 9.77 Å². The van der Waals surface area contributed by atoms with Gasteiger partial charge in [-0.2, -0.15) is 13.2 Å². The van der Waals surface area contributed by atoms with Crippen LogP contribution < -0.4 is 0 Å². The highest BCUT2D eigenvalue weighted by atomic mass is 127. The zero-order valence-electron chi connectivity index (χ0n) is 6.20. The lowest BCUT2D eigenvalue weighted by molar-refractivity contribution is -0.139. The maximum atomic E-state index is 12.3. The standard InChI is InChI=1S/C7H4F4IN/c8-3-5-6(7(9,10)11)4(12)1-2-13-5/h1-2H,3H2. The molecule has 1 aromatic rings. The fourth-order valence-electron chi connectivity index (χ4n) is 0.879. The molecule has 0 atom stereocenters. The van der Waals surface area contributed by atoms with Gasteiger partial charge in [0.05, 0.1) is 11.3 Å². The van der Waals surface area contributed by atoms with E-state index < -0.39 is 24.1 Å². The summed E-state index contributed by atoms with van der Waals surface area (Å²) in [6.45, 7) is -1.20. The van der Waals surface area contributed by atoms with E-state index in [1.807, 2.05) is 0 Å². The third kappa shape index (κ3) is 2.29. The van der Waals surface area contributed by atoms with Crippen LogP contribution in [0.25, 0.3) is 0 Å².